The zero-order valence-electron chi connectivity index (χ0n) is 13.7. The molecular formula is C16H24N2O2Si. The Balaban J connectivity index is 2.62. The van der Waals surface area contributed by atoms with Gasteiger partial charge in [0.25, 0.3) is 5.69 Å². The highest BCUT2D eigenvalue weighted by Gasteiger charge is 2.36. The molecule has 114 valence electrons. The quantitative estimate of drug-likeness (QED) is 0.386. The van der Waals surface area contributed by atoms with Gasteiger partial charge >= 0.3 is 0 Å². The van der Waals surface area contributed by atoms with E-state index in [-0.39, 0.29) is 16.0 Å². The molecule has 1 aliphatic rings. The van der Waals surface area contributed by atoms with Crippen molar-refractivity contribution in [3.63, 3.8) is 0 Å². The third kappa shape index (κ3) is 3.02. The van der Waals surface area contributed by atoms with Crippen molar-refractivity contribution in [2.45, 2.75) is 52.2 Å². The lowest BCUT2D eigenvalue weighted by Crippen LogP contribution is -2.18. The Morgan fingerprint density at radius 1 is 1.24 bits per heavy atom. The SMILES string of the molecule is CC(C)(C)c1cc(C2=C([Si](C)(C)C)C2)c(N)cc1[N+](=O)[O-]. The van der Waals surface area contributed by atoms with Crippen LogP contribution in [0.25, 0.3) is 5.57 Å². The van der Waals surface area contributed by atoms with E-state index in [4.69, 9.17) is 5.73 Å². The normalized spacial score (nSPS) is 15.3. The van der Waals surface area contributed by atoms with E-state index in [1.807, 2.05) is 26.8 Å². The van der Waals surface area contributed by atoms with Gasteiger partial charge in [0.05, 0.1) is 13.0 Å². The smallest absolute Gasteiger partial charge is 0.275 e. The number of nitro benzene ring substituents is 1. The summed E-state index contributed by atoms with van der Waals surface area (Å²) in [5, 5.41) is 12.8. The maximum atomic E-state index is 11.3. The van der Waals surface area contributed by atoms with E-state index in [1.54, 1.807) is 0 Å². The van der Waals surface area contributed by atoms with E-state index in [9.17, 15) is 10.1 Å². The van der Waals surface area contributed by atoms with Gasteiger partial charge in [0.1, 0.15) is 0 Å². The Kier molecular flexibility index (Phi) is 3.52. The number of allylic oxidation sites excluding steroid dienone is 2. The van der Waals surface area contributed by atoms with Crippen LogP contribution < -0.4 is 5.73 Å². The second-order valence-electron chi connectivity index (χ2n) is 7.85. The summed E-state index contributed by atoms with van der Waals surface area (Å²) in [6.45, 7) is 13.0. The molecule has 2 rings (SSSR count). The standard InChI is InChI=1S/C16H24N2O2Si/c1-16(2,3)12-7-10(11-8-15(11)21(4,5)6)13(17)9-14(12)18(19)20/h7,9H,8,17H2,1-6H3. The lowest BCUT2D eigenvalue weighted by Gasteiger charge is -2.20. The molecule has 0 fully saturated rings. The third-order valence-corrected chi connectivity index (χ3v) is 6.29. The number of benzene rings is 1. The number of hydrogen-bond donors (Lipinski definition) is 1. The van der Waals surface area contributed by atoms with Crippen LogP contribution in [0.1, 0.15) is 38.3 Å². The van der Waals surface area contributed by atoms with Gasteiger partial charge in [-0.15, -0.1) is 0 Å². The van der Waals surface area contributed by atoms with Crippen LogP contribution in [-0.2, 0) is 5.41 Å². The summed E-state index contributed by atoms with van der Waals surface area (Å²) in [5.41, 5.74) is 9.54. The molecule has 0 heterocycles. The van der Waals surface area contributed by atoms with Gasteiger partial charge in [0.2, 0.25) is 0 Å². The number of nitrogens with zero attached hydrogens (tertiary/aromatic N) is 1. The van der Waals surface area contributed by atoms with Crippen LogP contribution in [0.3, 0.4) is 0 Å². The molecule has 0 unspecified atom stereocenters. The van der Waals surface area contributed by atoms with Gasteiger partial charge in [0.15, 0.2) is 0 Å². The molecule has 0 aromatic heterocycles. The van der Waals surface area contributed by atoms with Crippen LogP contribution >= 0.6 is 0 Å². The van der Waals surface area contributed by atoms with Crippen molar-refractivity contribution in [2.24, 2.45) is 0 Å². The van der Waals surface area contributed by atoms with E-state index >= 15 is 0 Å². The number of nitrogen functional groups attached to an aromatic ring is 1. The minimum Gasteiger partial charge on any atom is -0.398 e. The molecule has 1 aromatic carbocycles. The van der Waals surface area contributed by atoms with Gasteiger partial charge in [0, 0.05) is 22.9 Å². The molecule has 0 aliphatic heterocycles. The first-order valence-corrected chi connectivity index (χ1v) is 10.7. The first kappa shape index (κ1) is 15.8. The Hall–Kier alpha value is -1.62. The average molecular weight is 304 g/mol. The van der Waals surface area contributed by atoms with Crippen LogP contribution in [0.4, 0.5) is 11.4 Å². The number of rotatable bonds is 3. The average Bonchev–Trinajstić information content (AvgIpc) is 3.06. The highest BCUT2D eigenvalue weighted by Crippen LogP contribution is 2.49. The lowest BCUT2D eigenvalue weighted by molar-refractivity contribution is -0.385. The summed E-state index contributed by atoms with van der Waals surface area (Å²) in [5.74, 6) is 0. The predicted octanol–water partition coefficient (Wildman–Crippen LogP) is 4.51. The van der Waals surface area contributed by atoms with Crippen LogP contribution in [0.5, 0.6) is 0 Å². The molecule has 0 saturated heterocycles. The predicted molar refractivity (Wildman–Crippen MR) is 91.1 cm³/mol. The van der Waals surface area contributed by atoms with Gasteiger partial charge in [-0.05, 0) is 23.5 Å². The molecule has 1 aliphatic carbocycles. The zero-order chi connectivity index (χ0) is 16.2. The van der Waals surface area contributed by atoms with Gasteiger partial charge in [-0.2, -0.15) is 0 Å². The van der Waals surface area contributed by atoms with Crippen LogP contribution in [0.15, 0.2) is 17.3 Å². The second-order valence-corrected chi connectivity index (χ2v) is 13.0. The monoisotopic (exact) mass is 304 g/mol. The van der Waals surface area contributed by atoms with Crippen molar-refractivity contribution in [3.8, 4) is 0 Å². The molecule has 0 saturated carbocycles. The van der Waals surface area contributed by atoms with Gasteiger partial charge in [-0.1, -0.05) is 45.6 Å². The fourth-order valence-corrected chi connectivity index (χ4v) is 4.47. The van der Waals surface area contributed by atoms with Crippen molar-refractivity contribution < 1.29 is 4.92 Å². The summed E-state index contributed by atoms with van der Waals surface area (Å²) >= 11 is 0. The van der Waals surface area contributed by atoms with Gasteiger partial charge in [-0.25, -0.2) is 0 Å². The molecule has 4 nitrogen and oxygen atoms in total. The highest BCUT2D eigenvalue weighted by molar-refractivity contribution is 6.85. The molecule has 2 N–H and O–H groups in total. The molecule has 1 aromatic rings. The topological polar surface area (TPSA) is 69.2 Å². The summed E-state index contributed by atoms with van der Waals surface area (Å²) in [6.07, 6.45) is 1.02. The van der Waals surface area contributed by atoms with Crippen molar-refractivity contribution in [1.29, 1.82) is 0 Å². The van der Waals surface area contributed by atoms with E-state index in [0.717, 1.165) is 17.5 Å². The van der Waals surface area contributed by atoms with E-state index < -0.39 is 8.07 Å². The largest absolute Gasteiger partial charge is 0.398 e. The van der Waals surface area contributed by atoms with E-state index in [0.29, 0.717) is 5.69 Å². The lowest BCUT2D eigenvalue weighted by atomic mass is 9.84. The van der Waals surface area contributed by atoms with E-state index in [1.165, 1.54) is 16.8 Å². The summed E-state index contributed by atoms with van der Waals surface area (Å²) in [6, 6.07) is 3.47. The van der Waals surface area contributed by atoms with Gasteiger partial charge < -0.3 is 5.73 Å². The zero-order valence-corrected chi connectivity index (χ0v) is 14.7. The maximum Gasteiger partial charge on any atom is 0.275 e. The molecule has 0 amide bonds. The van der Waals surface area contributed by atoms with Crippen LogP contribution in [0, 0.1) is 10.1 Å². The highest BCUT2D eigenvalue weighted by atomic mass is 28.3. The Bertz CT molecular complexity index is 649. The minimum absolute atomic E-state index is 0.125. The summed E-state index contributed by atoms with van der Waals surface area (Å²) in [7, 11) is -1.30. The Labute approximate surface area is 127 Å². The fourth-order valence-electron chi connectivity index (χ4n) is 2.73. The molecular weight excluding hydrogens is 280 g/mol. The molecule has 21 heavy (non-hydrogen) atoms. The molecule has 5 heteroatoms. The number of nitrogens with two attached hydrogens (primary N) is 1. The second kappa shape index (κ2) is 4.70. The third-order valence-electron chi connectivity index (χ3n) is 4.00. The van der Waals surface area contributed by atoms with Crippen LogP contribution in [0.2, 0.25) is 19.6 Å². The van der Waals surface area contributed by atoms with Crippen molar-refractivity contribution in [3.05, 3.63) is 38.6 Å². The minimum atomic E-state index is -1.30. The van der Waals surface area contributed by atoms with Crippen molar-refractivity contribution in [2.75, 3.05) is 5.73 Å². The van der Waals surface area contributed by atoms with Crippen LogP contribution in [-0.4, -0.2) is 13.0 Å². The summed E-state index contributed by atoms with van der Waals surface area (Å²) < 4.78 is 0. The molecule has 0 radical (unpaired) electrons. The summed E-state index contributed by atoms with van der Waals surface area (Å²) in [4.78, 5) is 11.0. The number of anilines is 1. The Morgan fingerprint density at radius 2 is 1.81 bits per heavy atom. The number of hydrogen-bond acceptors (Lipinski definition) is 3. The Morgan fingerprint density at radius 3 is 2.19 bits per heavy atom. The molecule has 0 spiro atoms. The maximum absolute atomic E-state index is 11.3. The fraction of sp³-hybridized carbons (Fsp3) is 0.500. The molecule has 0 bridgehead atoms. The molecule has 0 atom stereocenters. The first-order valence-electron chi connectivity index (χ1n) is 7.24. The van der Waals surface area contributed by atoms with E-state index in [2.05, 4.69) is 19.6 Å². The van der Waals surface area contributed by atoms with Crippen molar-refractivity contribution in [1.82, 2.24) is 0 Å². The van der Waals surface area contributed by atoms with Gasteiger partial charge in [-0.3, -0.25) is 10.1 Å². The van der Waals surface area contributed by atoms with Crippen molar-refractivity contribution >= 4 is 25.0 Å². The number of nitro groups is 1. The first-order chi connectivity index (χ1) is 9.43.